The molecule has 0 amide bonds. The SMILES string of the molecule is O[C@H](COc1cnc(C23CC(C(F)(F)[C@@](O)(Cn4cnnn4)c4ccc(F)cc4F)(C2)C3)cn1)C(F)(F)F. The van der Waals surface area contributed by atoms with Crippen molar-refractivity contribution in [3.8, 4) is 5.88 Å². The van der Waals surface area contributed by atoms with Crippen LogP contribution in [0, 0.1) is 17.0 Å². The van der Waals surface area contributed by atoms with Gasteiger partial charge in [-0.05, 0) is 41.8 Å². The zero-order chi connectivity index (χ0) is 27.6. The lowest BCUT2D eigenvalue weighted by Gasteiger charge is -2.73. The van der Waals surface area contributed by atoms with E-state index in [0.717, 1.165) is 29.3 Å². The molecule has 38 heavy (non-hydrogen) atoms. The van der Waals surface area contributed by atoms with Crippen LogP contribution in [0.15, 0.2) is 36.9 Å². The van der Waals surface area contributed by atoms with Crippen LogP contribution < -0.4 is 4.74 Å². The fourth-order valence-electron chi connectivity index (χ4n) is 5.42. The molecule has 3 fully saturated rings. The number of rotatable bonds is 9. The van der Waals surface area contributed by atoms with Crippen LogP contribution >= 0.6 is 0 Å². The van der Waals surface area contributed by atoms with Gasteiger partial charge in [-0.15, -0.1) is 5.10 Å². The molecule has 0 unspecified atom stereocenters. The Morgan fingerprint density at radius 1 is 1.05 bits per heavy atom. The molecule has 6 rings (SSSR count). The number of halogens is 7. The molecule has 2 bridgehead atoms. The Hall–Kier alpha value is -3.40. The summed E-state index contributed by atoms with van der Waals surface area (Å²) in [4.78, 5) is 7.92. The van der Waals surface area contributed by atoms with Gasteiger partial charge in [-0.25, -0.2) is 27.2 Å². The third-order valence-corrected chi connectivity index (χ3v) is 7.31. The number of tetrazole rings is 1. The van der Waals surface area contributed by atoms with Crippen LogP contribution in [-0.4, -0.2) is 65.2 Å². The first kappa shape index (κ1) is 26.2. The molecule has 204 valence electrons. The van der Waals surface area contributed by atoms with Gasteiger partial charge >= 0.3 is 6.18 Å². The Labute approximate surface area is 209 Å². The summed E-state index contributed by atoms with van der Waals surface area (Å²) in [6.07, 6.45) is -4.89. The van der Waals surface area contributed by atoms with Gasteiger partial charge in [-0.1, -0.05) is 0 Å². The van der Waals surface area contributed by atoms with E-state index in [2.05, 4.69) is 25.5 Å². The van der Waals surface area contributed by atoms with Crippen molar-refractivity contribution in [3.63, 3.8) is 0 Å². The lowest BCUT2D eigenvalue weighted by atomic mass is 9.31. The predicted octanol–water partition coefficient (Wildman–Crippen LogP) is 2.69. The molecule has 2 aromatic heterocycles. The molecule has 3 aliphatic carbocycles. The van der Waals surface area contributed by atoms with E-state index in [9.17, 15) is 27.1 Å². The summed E-state index contributed by atoms with van der Waals surface area (Å²) < 4.78 is 103. The number of aliphatic hydroxyl groups excluding tert-OH is 1. The minimum absolute atomic E-state index is 0.157. The smallest absolute Gasteiger partial charge is 0.417 e. The highest BCUT2D eigenvalue weighted by atomic mass is 19.4. The van der Waals surface area contributed by atoms with Gasteiger partial charge in [-0.3, -0.25) is 4.98 Å². The van der Waals surface area contributed by atoms with Gasteiger partial charge in [0.05, 0.1) is 24.6 Å². The molecule has 3 saturated carbocycles. The predicted molar refractivity (Wildman–Crippen MR) is 111 cm³/mol. The summed E-state index contributed by atoms with van der Waals surface area (Å²) in [6.45, 7) is -2.02. The highest BCUT2D eigenvalue weighted by Crippen LogP contribution is 2.80. The largest absolute Gasteiger partial charge is 0.473 e. The second-order valence-electron chi connectivity index (χ2n) is 9.77. The fraction of sp³-hybridized carbons (Fsp3) is 0.500. The van der Waals surface area contributed by atoms with Crippen molar-refractivity contribution in [1.29, 1.82) is 0 Å². The molecular formula is C22H19F7N6O3. The van der Waals surface area contributed by atoms with Crippen molar-refractivity contribution >= 4 is 0 Å². The second-order valence-corrected chi connectivity index (χ2v) is 9.77. The average molecular weight is 548 g/mol. The van der Waals surface area contributed by atoms with Crippen molar-refractivity contribution < 1.29 is 45.7 Å². The standard InChI is InChI=1S/C22H19F7N6O3/c23-12-1-2-13(14(24)3-12)20(37,10-35-11-32-33-34-35)22(28,29)19-7-18(8-19,9-19)15-4-31-17(5-30-15)38-6-16(36)21(25,26)27/h1-5,11,16,36-37H,6-10H2/t16-,18?,19?,20-/m1/s1. The highest BCUT2D eigenvalue weighted by molar-refractivity contribution is 5.40. The van der Waals surface area contributed by atoms with Crippen molar-refractivity contribution in [1.82, 2.24) is 30.2 Å². The van der Waals surface area contributed by atoms with Gasteiger partial charge in [0.25, 0.3) is 5.92 Å². The molecule has 1 aromatic carbocycles. The molecule has 16 heteroatoms. The normalized spacial score (nSPS) is 25.2. The maximum absolute atomic E-state index is 16.2. The summed E-state index contributed by atoms with van der Waals surface area (Å²) in [6, 6.07) is 1.91. The number of alkyl halides is 5. The molecule has 9 nitrogen and oxygen atoms in total. The lowest BCUT2D eigenvalue weighted by Crippen LogP contribution is -2.76. The van der Waals surface area contributed by atoms with Crippen molar-refractivity contribution in [2.75, 3.05) is 6.61 Å². The van der Waals surface area contributed by atoms with E-state index in [0.29, 0.717) is 6.07 Å². The van der Waals surface area contributed by atoms with Crippen molar-refractivity contribution in [3.05, 3.63) is 59.8 Å². The molecule has 0 aliphatic heterocycles. The average Bonchev–Trinajstić information content (AvgIpc) is 3.28. The number of benzene rings is 1. The Balaban J connectivity index is 1.35. The van der Waals surface area contributed by atoms with Gasteiger partial charge in [0.2, 0.25) is 5.88 Å². The number of hydrogen-bond acceptors (Lipinski definition) is 8. The number of nitrogens with zero attached hydrogens (tertiary/aromatic N) is 6. The van der Waals surface area contributed by atoms with E-state index >= 15 is 8.78 Å². The number of aromatic nitrogens is 6. The van der Waals surface area contributed by atoms with Crippen LogP contribution in [0.3, 0.4) is 0 Å². The molecule has 3 aromatic rings. The van der Waals surface area contributed by atoms with Crippen molar-refractivity contribution in [2.24, 2.45) is 5.41 Å². The Kier molecular flexibility index (Phi) is 5.90. The van der Waals surface area contributed by atoms with Crippen LogP contribution in [0.2, 0.25) is 0 Å². The highest BCUT2D eigenvalue weighted by Gasteiger charge is 2.82. The topological polar surface area (TPSA) is 119 Å². The quantitative estimate of drug-likeness (QED) is 0.392. The Bertz CT molecular complexity index is 1300. The van der Waals surface area contributed by atoms with E-state index in [1.807, 2.05) is 0 Å². The third-order valence-electron chi connectivity index (χ3n) is 7.31. The zero-order valence-electron chi connectivity index (χ0n) is 19.2. The molecular weight excluding hydrogens is 529 g/mol. The zero-order valence-corrected chi connectivity index (χ0v) is 19.2. The van der Waals surface area contributed by atoms with E-state index in [1.54, 1.807) is 0 Å². The Morgan fingerprint density at radius 3 is 2.32 bits per heavy atom. The number of aliphatic hydroxyl groups is 2. The van der Waals surface area contributed by atoms with Gasteiger partial charge in [0.1, 0.15) is 24.6 Å². The first-order valence-electron chi connectivity index (χ1n) is 11.2. The molecule has 2 atom stereocenters. The number of ether oxygens (including phenoxy) is 1. The lowest BCUT2D eigenvalue weighted by molar-refractivity contribution is -0.348. The molecule has 0 saturated heterocycles. The second kappa shape index (κ2) is 8.56. The summed E-state index contributed by atoms with van der Waals surface area (Å²) in [5, 5.41) is 30.5. The molecule has 2 N–H and O–H groups in total. The summed E-state index contributed by atoms with van der Waals surface area (Å²) >= 11 is 0. The maximum atomic E-state index is 16.2. The first-order valence-corrected chi connectivity index (χ1v) is 11.2. The van der Waals surface area contributed by atoms with Crippen LogP contribution in [0.5, 0.6) is 5.88 Å². The molecule has 0 radical (unpaired) electrons. The van der Waals surface area contributed by atoms with Crippen LogP contribution in [-0.2, 0) is 17.6 Å². The van der Waals surface area contributed by atoms with Gasteiger partial charge < -0.3 is 14.9 Å². The monoisotopic (exact) mass is 548 g/mol. The van der Waals surface area contributed by atoms with Crippen LogP contribution in [0.1, 0.15) is 30.5 Å². The third kappa shape index (κ3) is 3.97. The summed E-state index contributed by atoms with van der Waals surface area (Å²) in [7, 11) is 0. The summed E-state index contributed by atoms with van der Waals surface area (Å²) in [5.41, 5.74) is -6.27. The minimum Gasteiger partial charge on any atom is -0.473 e. The van der Waals surface area contributed by atoms with E-state index in [1.165, 1.54) is 6.20 Å². The number of hydrogen-bond donors (Lipinski definition) is 2. The van der Waals surface area contributed by atoms with Crippen molar-refractivity contribution in [2.45, 2.75) is 55.0 Å². The van der Waals surface area contributed by atoms with Gasteiger partial charge in [-0.2, -0.15) is 13.2 Å². The van der Waals surface area contributed by atoms with Crippen LogP contribution in [0.4, 0.5) is 30.7 Å². The fourth-order valence-corrected chi connectivity index (χ4v) is 5.42. The van der Waals surface area contributed by atoms with E-state index in [-0.39, 0.29) is 30.8 Å². The van der Waals surface area contributed by atoms with E-state index in [4.69, 9.17) is 9.84 Å². The van der Waals surface area contributed by atoms with Gasteiger partial charge in [0, 0.05) is 22.5 Å². The maximum Gasteiger partial charge on any atom is 0.417 e. The summed E-state index contributed by atoms with van der Waals surface area (Å²) in [5.74, 6) is -6.61. The molecule has 0 spiro atoms. The Morgan fingerprint density at radius 2 is 1.76 bits per heavy atom. The molecule has 2 heterocycles. The van der Waals surface area contributed by atoms with E-state index < -0.39 is 65.0 Å². The minimum atomic E-state index is -4.87. The van der Waals surface area contributed by atoms with Gasteiger partial charge in [0.15, 0.2) is 11.7 Å². The van der Waals surface area contributed by atoms with Crippen LogP contribution in [0.25, 0.3) is 0 Å². The molecule has 3 aliphatic rings. The first-order chi connectivity index (χ1) is 17.7.